The van der Waals surface area contributed by atoms with Gasteiger partial charge in [-0.2, -0.15) is 0 Å². The van der Waals surface area contributed by atoms with E-state index in [1.54, 1.807) is 16.4 Å². The van der Waals surface area contributed by atoms with Crippen LogP contribution in [-0.2, 0) is 18.8 Å². The van der Waals surface area contributed by atoms with E-state index in [1.165, 1.54) is 11.1 Å². The summed E-state index contributed by atoms with van der Waals surface area (Å²) in [5, 5.41) is 18.8. The SMILES string of the molecule is CCn1c(SCc2ccc(Cl)cc2)nnc1-c1nnn(Cc2ccc(C)cc2)c1N. The summed E-state index contributed by atoms with van der Waals surface area (Å²) in [4.78, 5) is 0. The van der Waals surface area contributed by atoms with Gasteiger partial charge in [-0.1, -0.05) is 70.5 Å². The Morgan fingerprint density at radius 3 is 2.37 bits per heavy atom. The van der Waals surface area contributed by atoms with Crippen molar-refractivity contribution in [1.29, 1.82) is 0 Å². The van der Waals surface area contributed by atoms with E-state index in [0.29, 0.717) is 30.4 Å². The molecule has 0 aliphatic rings. The maximum atomic E-state index is 6.36. The van der Waals surface area contributed by atoms with Gasteiger partial charge in [0.25, 0.3) is 0 Å². The molecule has 0 aliphatic carbocycles. The first-order valence-electron chi connectivity index (χ1n) is 9.60. The first-order valence-corrected chi connectivity index (χ1v) is 11.0. The molecule has 0 unspecified atom stereocenters. The highest BCUT2D eigenvalue weighted by atomic mass is 35.5. The molecule has 0 spiro atoms. The quantitative estimate of drug-likeness (QED) is 0.428. The molecule has 4 rings (SSSR count). The van der Waals surface area contributed by atoms with Crippen molar-refractivity contribution in [2.24, 2.45) is 0 Å². The smallest absolute Gasteiger partial charge is 0.191 e. The van der Waals surface area contributed by atoms with Crippen LogP contribution in [0, 0.1) is 6.92 Å². The Balaban J connectivity index is 1.54. The number of halogens is 1. The lowest BCUT2D eigenvalue weighted by atomic mass is 10.1. The average molecular weight is 440 g/mol. The minimum Gasteiger partial charge on any atom is -0.382 e. The predicted octanol–water partition coefficient (Wildman–Crippen LogP) is 4.44. The number of benzene rings is 2. The second kappa shape index (κ2) is 8.89. The van der Waals surface area contributed by atoms with E-state index in [0.717, 1.165) is 21.5 Å². The molecular formula is C21H22ClN7S. The van der Waals surface area contributed by atoms with Gasteiger partial charge in [-0.25, -0.2) is 4.68 Å². The molecule has 0 aliphatic heterocycles. The first kappa shape index (κ1) is 20.4. The normalized spacial score (nSPS) is 11.2. The second-order valence-electron chi connectivity index (χ2n) is 6.93. The van der Waals surface area contributed by atoms with Gasteiger partial charge >= 0.3 is 0 Å². The number of aryl methyl sites for hydroxylation is 1. The monoisotopic (exact) mass is 439 g/mol. The molecule has 0 radical (unpaired) electrons. The van der Waals surface area contributed by atoms with Crippen molar-refractivity contribution in [2.45, 2.75) is 37.8 Å². The van der Waals surface area contributed by atoms with Crippen LogP contribution >= 0.6 is 23.4 Å². The number of nitrogens with two attached hydrogens (primary N) is 1. The van der Waals surface area contributed by atoms with E-state index in [2.05, 4.69) is 51.7 Å². The van der Waals surface area contributed by atoms with Gasteiger partial charge in [0.2, 0.25) is 0 Å². The third-order valence-electron chi connectivity index (χ3n) is 4.75. The molecule has 2 heterocycles. The Labute approximate surface area is 184 Å². The molecule has 0 atom stereocenters. The molecule has 0 fully saturated rings. The molecule has 154 valence electrons. The van der Waals surface area contributed by atoms with E-state index in [1.807, 2.05) is 35.8 Å². The van der Waals surface area contributed by atoms with Crippen LogP contribution < -0.4 is 5.73 Å². The molecular weight excluding hydrogens is 418 g/mol. The van der Waals surface area contributed by atoms with Crippen molar-refractivity contribution in [3.8, 4) is 11.5 Å². The topological polar surface area (TPSA) is 87.4 Å². The predicted molar refractivity (Wildman–Crippen MR) is 120 cm³/mol. The Morgan fingerprint density at radius 1 is 0.967 bits per heavy atom. The zero-order valence-electron chi connectivity index (χ0n) is 16.8. The van der Waals surface area contributed by atoms with Crippen LogP contribution in [0.25, 0.3) is 11.5 Å². The number of aromatic nitrogens is 6. The van der Waals surface area contributed by atoms with Gasteiger partial charge in [0.15, 0.2) is 22.5 Å². The molecule has 2 aromatic heterocycles. The molecule has 7 nitrogen and oxygen atoms in total. The van der Waals surface area contributed by atoms with Crippen LogP contribution in [0.5, 0.6) is 0 Å². The number of thioether (sulfide) groups is 1. The highest BCUT2D eigenvalue weighted by molar-refractivity contribution is 7.98. The van der Waals surface area contributed by atoms with Gasteiger partial charge in [0.05, 0.1) is 6.54 Å². The van der Waals surface area contributed by atoms with Crippen LogP contribution in [0.3, 0.4) is 0 Å². The molecule has 0 saturated heterocycles. The van der Waals surface area contributed by atoms with E-state index in [-0.39, 0.29) is 0 Å². The van der Waals surface area contributed by atoms with Gasteiger partial charge in [-0.15, -0.1) is 15.3 Å². The highest BCUT2D eigenvalue weighted by Crippen LogP contribution is 2.28. The minimum absolute atomic E-state index is 0.479. The van der Waals surface area contributed by atoms with Crippen molar-refractivity contribution in [3.05, 3.63) is 70.2 Å². The summed E-state index contributed by atoms with van der Waals surface area (Å²) >= 11 is 7.58. The first-order chi connectivity index (χ1) is 14.5. The summed E-state index contributed by atoms with van der Waals surface area (Å²) in [6.45, 7) is 5.37. The van der Waals surface area contributed by atoms with Gasteiger partial charge in [0, 0.05) is 17.3 Å². The maximum absolute atomic E-state index is 6.36. The number of hydrogen-bond acceptors (Lipinski definition) is 6. The number of anilines is 1. The molecule has 9 heteroatoms. The number of hydrogen-bond donors (Lipinski definition) is 1. The third-order valence-corrected chi connectivity index (χ3v) is 6.04. The summed E-state index contributed by atoms with van der Waals surface area (Å²) < 4.78 is 3.70. The summed E-state index contributed by atoms with van der Waals surface area (Å²) in [5.41, 5.74) is 10.4. The standard InChI is InChI=1S/C21H22ClN7S/c1-3-28-20(25-26-21(28)30-13-16-8-10-17(22)11-9-16)18-19(23)29(27-24-18)12-15-6-4-14(2)5-7-15/h4-11H,3,12-13,23H2,1-2H3. The minimum atomic E-state index is 0.479. The lowest BCUT2D eigenvalue weighted by molar-refractivity contribution is 0.657. The molecule has 0 amide bonds. The van der Waals surface area contributed by atoms with Crippen molar-refractivity contribution in [1.82, 2.24) is 29.8 Å². The van der Waals surface area contributed by atoms with Crippen LogP contribution in [0.2, 0.25) is 5.02 Å². The Bertz CT molecular complexity index is 1130. The molecule has 2 N–H and O–H groups in total. The zero-order chi connectivity index (χ0) is 21.1. The van der Waals surface area contributed by atoms with Crippen LogP contribution in [0.15, 0.2) is 53.7 Å². The number of nitrogen functional groups attached to an aromatic ring is 1. The van der Waals surface area contributed by atoms with Gasteiger partial charge in [0.1, 0.15) is 0 Å². The highest BCUT2D eigenvalue weighted by Gasteiger charge is 2.20. The fraction of sp³-hybridized carbons (Fsp3) is 0.238. The summed E-state index contributed by atoms with van der Waals surface area (Å²) in [5.74, 6) is 1.88. The molecule has 0 bridgehead atoms. The molecule has 0 saturated carbocycles. The average Bonchev–Trinajstić information content (AvgIpc) is 3.32. The van der Waals surface area contributed by atoms with Crippen LogP contribution in [0.1, 0.15) is 23.6 Å². The Hall–Kier alpha value is -2.84. The van der Waals surface area contributed by atoms with E-state index in [9.17, 15) is 0 Å². The molecule has 2 aromatic carbocycles. The van der Waals surface area contributed by atoms with Gasteiger partial charge in [-0.05, 0) is 37.1 Å². The fourth-order valence-electron chi connectivity index (χ4n) is 3.05. The van der Waals surface area contributed by atoms with Crippen molar-refractivity contribution >= 4 is 29.2 Å². The number of rotatable bonds is 7. The maximum Gasteiger partial charge on any atom is 0.191 e. The van der Waals surface area contributed by atoms with Gasteiger partial charge < -0.3 is 10.3 Å². The van der Waals surface area contributed by atoms with Crippen molar-refractivity contribution in [2.75, 3.05) is 5.73 Å². The van der Waals surface area contributed by atoms with Gasteiger partial charge in [-0.3, -0.25) is 0 Å². The third kappa shape index (κ3) is 4.34. The van der Waals surface area contributed by atoms with E-state index in [4.69, 9.17) is 17.3 Å². The van der Waals surface area contributed by atoms with E-state index < -0.39 is 0 Å². The summed E-state index contributed by atoms with van der Waals surface area (Å²) in [6, 6.07) is 16.1. The summed E-state index contributed by atoms with van der Waals surface area (Å²) in [6.07, 6.45) is 0. The number of nitrogens with zero attached hydrogens (tertiary/aromatic N) is 6. The lowest BCUT2D eigenvalue weighted by Crippen LogP contribution is -2.07. The van der Waals surface area contributed by atoms with Crippen molar-refractivity contribution < 1.29 is 0 Å². The lowest BCUT2D eigenvalue weighted by Gasteiger charge is -2.07. The second-order valence-corrected chi connectivity index (χ2v) is 8.31. The van der Waals surface area contributed by atoms with Crippen molar-refractivity contribution in [3.63, 3.8) is 0 Å². The van der Waals surface area contributed by atoms with Crippen LogP contribution in [0.4, 0.5) is 5.82 Å². The van der Waals surface area contributed by atoms with Crippen LogP contribution in [-0.4, -0.2) is 29.8 Å². The fourth-order valence-corrected chi connectivity index (χ4v) is 4.13. The largest absolute Gasteiger partial charge is 0.382 e. The molecule has 4 aromatic rings. The zero-order valence-corrected chi connectivity index (χ0v) is 18.4. The Morgan fingerprint density at radius 2 is 1.67 bits per heavy atom. The van der Waals surface area contributed by atoms with E-state index >= 15 is 0 Å². The molecule has 30 heavy (non-hydrogen) atoms. The Kier molecular flexibility index (Phi) is 6.06. The summed E-state index contributed by atoms with van der Waals surface area (Å²) in [7, 11) is 0.